The van der Waals surface area contributed by atoms with Gasteiger partial charge in [0.15, 0.2) is 0 Å². The molecule has 0 aliphatic carbocycles. The van der Waals surface area contributed by atoms with Gasteiger partial charge in [0.05, 0.1) is 11.8 Å². The smallest absolute Gasteiger partial charge is 0.110 e. The third kappa shape index (κ3) is 2.33. The lowest BCUT2D eigenvalue weighted by atomic mass is 9.98. The summed E-state index contributed by atoms with van der Waals surface area (Å²) in [6.07, 6.45) is 0. The van der Waals surface area contributed by atoms with Gasteiger partial charge in [-0.2, -0.15) is 5.26 Å². The molecule has 1 aromatic heterocycles. The molecule has 0 radical (unpaired) electrons. The van der Waals surface area contributed by atoms with Gasteiger partial charge in [0.2, 0.25) is 0 Å². The molecule has 0 saturated carbocycles. The zero-order valence-corrected chi connectivity index (χ0v) is 9.93. The fourth-order valence-corrected chi connectivity index (χ4v) is 2.39. The van der Waals surface area contributed by atoms with Crippen molar-refractivity contribution >= 4 is 11.3 Å². The first kappa shape index (κ1) is 11.2. The number of aromatic nitrogens is 1. The number of nitrogens with zero attached hydrogens (tertiary/aromatic N) is 2. The number of thiazole rings is 1. The second-order valence-corrected chi connectivity index (χ2v) is 5.01. The molecule has 1 heterocycles. The Morgan fingerprint density at radius 1 is 1.36 bits per heavy atom. The van der Waals surface area contributed by atoms with Gasteiger partial charge in [0.1, 0.15) is 10.9 Å². The molecule has 0 bridgehead atoms. The van der Waals surface area contributed by atoms with Gasteiger partial charge in [-0.25, -0.2) is 4.98 Å². The largest absolute Gasteiger partial charge is 0.245 e. The van der Waals surface area contributed by atoms with Gasteiger partial charge in [-0.1, -0.05) is 27.7 Å². The Hall–Kier alpha value is -0.880. The Balaban J connectivity index is 2.91. The average Bonchev–Trinajstić information content (AvgIpc) is 2.53. The van der Waals surface area contributed by atoms with Crippen molar-refractivity contribution in [2.75, 3.05) is 0 Å². The summed E-state index contributed by atoms with van der Waals surface area (Å²) in [5.74, 6) is 0.741. The van der Waals surface area contributed by atoms with Crippen LogP contribution < -0.4 is 0 Å². The summed E-state index contributed by atoms with van der Waals surface area (Å²) < 4.78 is 0. The van der Waals surface area contributed by atoms with Gasteiger partial charge < -0.3 is 0 Å². The molecule has 14 heavy (non-hydrogen) atoms. The molecule has 0 amide bonds. The van der Waals surface area contributed by atoms with Crippen molar-refractivity contribution in [2.24, 2.45) is 5.92 Å². The zero-order chi connectivity index (χ0) is 10.7. The minimum Gasteiger partial charge on any atom is -0.245 e. The van der Waals surface area contributed by atoms with Crippen LogP contribution in [0, 0.1) is 17.2 Å². The highest BCUT2D eigenvalue weighted by atomic mass is 32.1. The lowest BCUT2D eigenvalue weighted by Gasteiger charge is -2.08. The van der Waals surface area contributed by atoms with Crippen LogP contribution in [0.25, 0.3) is 0 Å². The minimum absolute atomic E-state index is 0.0486. The van der Waals surface area contributed by atoms with Crippen LogP contribution in [0.4, 0.5) is 0 Å². The molecule has 3 heteroatoms. The van der Waals surface area contributed by atoms with E-state index in [1.165, 1.54) is 0 Å². The van der Waals surface area contributed by atoms with E-state index in [1.54, 1.807) is 11.3 Å². The van der Waals surface area contributed by atoms with Crippen LogP contribution in [0.15, 0.2) is 5.38 Å². The second-order valence-electron chi connectivity index (χ2n) is 4.12. The van der Waals surface area contributed by atoms with Crippen molar-refractivity contribution in [3.63, 3.8) is 0 Å². The molecule has 0 aliphatic heterocycles. The van der Waals surface area contributed by atoms with Crippen molar-refractivity contribution in [2.45, 2.75) is 39.5 Å². The van der Waals surface area contributed by atoms with Crippen molar-refractivity contribution in [3.05, 3.63) is 16.1 Å². The summed E-state index contributed by atoms with van der Waals surface area (Å²) in [4.78, 5) is 4.50. The first-order valence-electron chi connectivity index (χ1n) is 4.91. The Bertz CT molecular complexity index is 333. The van der Waals surface area contributed by atoms with Crippen LogP contribution in [-0.4, -0.2) is 4.98 Å². The van der Waals surface area contributed by atoms with Crippen molar-refractivity contribution in [1.29, 1.82) is 5.26 Å². The third-order valence-corrected chi connectivity index (χ3v) is 3.15. The summed E-state index contributed by atoms with van der Waals surface area (Å²) in [5.41, 5.74) is 1.10. The molecule has 1 aromatic rings. The van der Waals surface area contributed by atoms with E-state index in [0.717, 1.165) is 10.7 Å². The van der Waals surface area contributed by atoms with Crippen molar-refractivity contribution in [3.8, 4) is 6.07 Å². The first-order valence-corrected chi connectivity index (χ1v) is 5.79. The van der Waals surface area contributed by atoms with Gasteiger partial charge in [-0.05, 0) is 11.8 Å². The maximum atomic E-state index is 9.01. The van der Waals surface area contributed by atoms with Gasteiger partial charge in [0, 0.05) is 5.38 Å². The summed E-state index contributed by atoms with van der Waals surface area (Å²) in [6, 6.07) is 2.32. The Labute approximate surface area is 89.6 Å². The van der Waals surface area contributed by atoms with E-state index < -0.39 is 0 Å². The molecule has 2 nitrogen and oxygen atoms in total. The second kappa shape index (κ2) is 4.56. The fourth-order valence-electron chi connectivity index (χ4n) is 1.20. The summed E-state index contributed by atoms with van der Waals surface area (Å²) in [7, 11) is 0. The number of hydrogen-bond acceptors (Lipinski definition) is 3. The molecule has 1 rings (SSSR count). The van der Waals surface area contributed by atoms with E-state index in [-0.39, 0.29) is 5.92 Å². The maximum absolute atomic E-state index is 9.01. The van der Waals surface area contributed by atoms with Crippen molar-refractivity contribution in [1.82, 2.24) is 4.98 Å². The highest BCUT2D eigenvalue weighted by Gasteiger charge is 2.19. The van der Waals surface area contributed by atoms with E-state index in [1.807, 2.05) is 0 Å². The monoisotopic (exact) mass is 208 g/mol. The number of rotatable bonds is 3. The first-order chi connectivity index (χ1) is 6.56. The average molecular weight is 208 g/mol. The Kier molecular flexibility index (Phi) is 3.65. The Morgan fingerprint density at radius 3 is 2.36 bits per heavy atom. The van der Waals surface area contributed by atoms with Crippen LogP contribution in [0.3, 0.4) is 0 Å². The van der Waals surface area contributed by atoms with Crippen LogP contribution in [0.2, 0.25) is 0 Å². The van der Waals surface area contributed by atoms with Gasteiger partial charge in [0.25, 0.3) is 0 Å². The normalized spacial score (nSPS) is 13.2. The van der Waals surface area contributed by atoms with E-state index in [9.17, 15) is 0 Å². The van der Waals surface area contributed by atoms with E-state index in [2.05, 4.69) is 44.1 Å². The van der Waals surface area contributed by atoms with E-state index >= 15 is 0 Å². The lowest BCUT2D eigenvalue weighted by Crippen LogP contribution is -2.04. The maximum Gasteiger partial charge on any atom is 0.110 e. The molecule has 0 fully saturated rings. The zero-order valence-electron chi connectivity index (χ0n) is 9.11. The van der Waals surface area contributed by atoms with Crippen LogP contribution in [0.5, 0.6) is 0 Å². The number of nitriles is 1. The molecule has 76 valence electrons. The predicted octanol–water partition coefficient (Wildman–Crippen LogP) is 3.53. The van der Waals surface area contributed by atoms with Gasteiger partial charge >= 0.3 is 0 Å². The molecular weight excluding hydrogens is 192 g/mol. The molecule has 0 spiro atoms. The Morgan fingerprint density at radius 2 is 2.00 bits per heavy atom. The highest BCUT2D eigenvalue weighted by molar-refractivity contribution is 7.09. The summed E-state index contributed by atoms with van der Waals surface area (Å²) >= 11 is 1.61. The molecule has 0 N–H and O–H groups in total. The molecule has 1 atom stereocenters. The van der Waals surface area contributed by atoms with E-state index in [0.29, 0.717) is 11.8 Å². The van der Waals surface area contributed by atoms with Crippen LogP contribution in [-0.2, 0) is 0 Å². The van der Waals surface area contributed by atoms with Crippen LogP contribution >= 0.6 is 11.3 Å². The lowest BCUT2D eigenvalue weighted by molar-refractivity contribution is 0.582. The van der Waals surface area contributed by atoms with Crippen molar-refractivity contribution < 1.29 is 0 Å². The van der Waals surface area contributed by atoms with Gasteiger partial charge in [-0.3, -0.25) is 0 Å². The fraction of sp³-hybridized carbons (Fsp3) is 0.636. The molecular formula is C11H16N2S. The SMILES string of the molecule is CC(C)c1csc(C(C#N)C(C)C)n1. The highest BCUT2D eigenvalue weighted by Crippen LogP contribution is 2.28. The molecule has 1 unspecified atom stereocenters. The standard InChI is InChI=1S/C11H16N2S/c1-7(2)9(5-12)11-13-10(6-14-11)8(3)4/h6-9H,1-4H3. The molecule has 0 saturated heterocycles. The predicted molar refractivity (Wildman–Crippen MR) is 59.4 cm³/mol. The summed E-state index contributed by atoms with van der Waals surface area (Å²) in [5, 5.41) is 12.0. The van der Waals surface area contributed by atoms with Crippen LogP contribution in [0.1, 0.15) is 50.2 Å². The number of hydrogen-bond donors (Lipinski definition) is 0. The minimum atomic E-state index is -0.0486. The third-order valence-electron chi connectivity index (χ3n) is 2.20. The molecule has 0 aliphatic rings. The van der Waals surface area contributed by atoms with Gasteiger partial charge in [-0.15, -0.1) is 11.3 Å². The quantitative estimate of drug-likeness (QED) is 0.762. The van der Waals surface area contributed by atoms with E-state index in [4.69, 9.17) is 5.26 Å². The molecule has 0 aromatic carbocycles. The summed E-state index contributed by atoms with van der Waals surface area (Å²) in [6.45, 7) is 8.36. The topological polar surface area (TPSA) is 36.7 Å².